The van der Waals surface area contributed by atoms with E-state index in [1.54, 1.807) is 41.1 Å². The molecule has 1 aliphatic rings. The predicted molar refractivity (Wildman–Crippen MR) is 286 cm³/mol. The molecule has 0 unspecified atom stereocenters. The van der Waals surface area contributed by atoms with E-state index in [2.05, 4.69) is 106 Å². The molecule has 7 aromatic carbocycles. The number of hydrogen-bond acceptors (Lipinski definition) is 11. The first kappa shape index (κ1) is 49.1. The van der Waals surface area contributed by atoms with Gasteiger partial charge in [0.15, 0.2) is 17.0 Å². The van der Waals surface area contributed by atoms with Crippen LogP contribution in [-0.2, 0) is 32.0 Å². The summed E-state index contributed by atoms with van der Waals surface area (Å²) in [6, 6.07) is 60.8. The van der Waals surface area contributed by atoms with Crippen molar-refractivity contribution in [2.45, 2.75) is 43.0 Å². The quantitative estimate of drug-likeness (QED) is 0.0616. The lowest BCUT2D eigenvalue weighted by Crippen LogP contribution is -2.35. The molecule has 74 heavy (non-hydrogen) atoms. The lowest BCUT2D eigenvalue weighted by molar-refractivity contribution is -0.0756. The fourth-order valence-corrected chi connectivity index (χ4v) is 9.79. The first-order valence-corrected chi connectivity index (χ1v) is 24.6. The van der Waals surface area contributed by atoms with E-state index in [-0.39, 0.29) is 18.9 Å². The highest BCUT2D eigenvalue weighted by molar-refractivity contribution is 5.82. The number of rotatable bonds is 19. The molecule has 1 saturated heterocycles. The molecule has 12 nitrogen and oxygen atoms in total. The number of nitrogens with zero attached hydrogens (tertiary/aromatic N) is 4. The monoisotopic (exact) mass is 983 g/mol. The third kappa shape index (κ3) is 10.0. The molecule has 0 amide bonds. The fourth-order valence-electron chi connectivity index (χ4n) is 9.79. The highest BCUT2D eigenvalue weighted by atomic mass is 16.6. The molecule has 1 fully saturated rings. The van der Waals surface area contributed by atoms with Gasteiger partial charge in [0.05, 0.1) is 60.6 Å². The maximum atomic E-state index is 7.22. The van der Waals surface area contributed by atoms with Crippen LogP contribution >= 0.6 is 0 Å². The Morgan fingerprint density at radius 2 is 1.01 bits per heavy atom. The van der Waals surface area contributed by atoms with E-state index in [1.165, 1.54) is 0 Å². The van der Waals surface area contributed by atoms with Crippen molar-refractivity contribution in [3.63, 3.8) is 0 Å². The average molecular weight is 984 g/mol. The van der Waals surface area contributed by atoms with Gasteiger partial charge in [-0.2, -0.15) is 0 Å². The number of benzene rings is 7. The van der Waals surface area contributed by atoms with Gasteiger partial charge in [-0.15, -0.1) is 0 Å². The standard InChI is InChI=1S/C62H57N5O7/c1-68-52-29-21-48(22-30-52)61(46-17-7-5-8-18-46,49-23-31-53(69-2)32-24-49)72-40-45-15-12-11-14-44(45)16-13-39-63-59-58-60(65-42-64-59)67(43-66-58)57-38-37-56(74-57)41-73-62(47-19-9-6-10-20-47,50-25-33-54(70-3)34-26-50)51-27-35-55(71-4)36-28-51/h5-12,14-15,17-36,42-43,56-57H,37-41H2,1-4H3,(H,63,64,65)/t56-,57-/m1/s1. The molecule has 372 valence electrons. The van der Waals surface area contributed by atoms with Crippen LogP contribution in [0.15, 0.2) is 195 Å². The van der Waals surface area contributed by atoms with E-state index in [0.717, 1.165) is 80.3 Å². The van der Waals surface area contributed by atoms with Crippen LogP contribution in [0.3, 0.4) is 0 Å². The minimum absolute atomic E-state index is 0.209. The van der Waals surface area contributed by atoms with E-state index >= 15 is 0 Å². The van der Waals surface area contributed by atoms with Gasteiger partial charge in [0.25, 0.3) is 0 Å². The Morgan fingerprint density at radius 1 is 0.541 bits per heavy atom. The van der Waals surface area contributed by atoms with Crippen LogP contribution in [-0.4, -0.2) is 67.2 Å². The number of fused-ring (bicyclic) bond motifs is 1. The van der Waals surface area contributed by atoms with Crippen molar-refractivity contribution in [3.8, 4) is 34.8 Å². The topological polar surface area (TPSA) is 120 Å². The molecular formula is C62H57N5O7. The van der Waals surface area contributed by atoms with Crippen molar-refractivity contribution in [3.05, 3.63) is 239 Å². The molecule has 2 atom stereocenters. The second kappa shape index (κ2) is 22.5. The van der Waals surface area contributed by atoms with Gasteiger partial charge in [0.2, 0.25) is 0 Å². The summed E-state index contributed by atoms with van der Waals surface area (Å²) in [7, 11) is 6.67. The summed E-state index contributed by atoms with van der Waals surface area (Å²) in [5.74, 6) is 10.3. The van der Waals surface area contributed by atoms with Gasteiger partial charge < -0.3 is 38.5 Å². The van der Waals surface area contributed by atoms with E-state index in [4.69, 9.17) is 38.1 Å². The third-order valence-corrected chi connectivity index (χ3v) is 13.6. The van der Waals surface area contributed by atoms with Gasteiger partial charge in [0, 0.05) is 5.56 Å². The first-order valence-electron chi connectivity index (χ1n) is 24.6. The van der Waals surface area contributed by atoms with E-state index < -0.39 is 11.2 Å². The molecule has 10 rings (SSSR count). The third-order valence-electron chi connectivity index (χ3n) is 13.6. The normalized spacial score (nSPS) is 14.5. The van der Waals surface area contributed by atoms with Crippen LogP contribution < -0.4 is 24.3 Å². The lowest BCUT2D eigenvalue weighted by atomic mass is 9.80. The fraction of sp³-hybridized carbons (Fsp3) is 0.210. The Hall–Kier alpha value is -8.47. The maximum absolute atomic E-state index is 7.22. The minimum atomic E-state index is -0.980. The highest BCUT2D eigenvalue weighted by Crippen LogP contribution is 2.45. The van der Waals surface area contributed by atoms with E-state index in [9.17, 15) is 0 Å². The van der Waals surface area contributed by atoms with Crippen LogP contribution in [0, 0.1) is 11.8 Å². The van der Waals surface area contributed by atoms with Gasteiger partial charge >= 0.3 is 0 Å². The SMILES string of the molecule is COc1ccc(C(OCc2ccccc2C#CCNc2ncnc3c2ncn3[C@H]2CC[C@H](COC(c3ccccc3)(c3ccc(OC)cc3)c3ccc(OC)cc3)O2)(c2ccccc2)c2ccc(OC)cc2)cc1. The summed E-state index contributed by atoms with van der Waals surface area (Å²) in [6.45, 7) is 0.903. The van der Waals surface area contributed by atoms with Crippen molar-refractivity contribution in [1.82, 2.24) is 19.5 Å². The number of hydrogen-bond donors (Lipinski definition) is 1. The molecule has 9 aromatic rings. The van der Waals surface area contributed by atoms with Crippen molar-refractivity contribution in [2.24, 2.45) is 0 Å². The van der Waals surface area contributed by atoms with E-state index in [1.807, 2.05) is 108 Å². The van der Waals surface area contributed by atoms with Gasteiger partial charge in [-0.05, 0) is 106 Å². The van der Waals surface area contributed by atoms with Crippen LogP contribution in [0.25, 0.3) is 11.2 Å². The minimum Gasteiger partial charge on any atom is -0.497 e. The largest absolute Gasteiger partial charge is 0.497 e. The molecule has 0 radical (unpaired) electrons. The van der Waals surface area contributed by atoms with Gasteiger partial charge in [-0.3, -0.25) is 4.57 Å². The predicted octanol–water partition coefficient (Wildman–Crippen LogP) is 11.5. The number of imidazole rings is 1. The second-order valence-corrected chi connectivity index (χ2v) is 17.8. The Bertz CT molecular complexity index is 3230. The zero-order valence-corrected chi connectivity index (χ0v) is 41.8. The molecule has 0 aliphatic carbocycles. The average Bonchev–Trinajstić information content (AvgIpc) is 4.14. The lowest BCUT2D eigenvalue weighted by Gasteiger charge is -2.37. The Morgan fingerprint density at radius 3 is 1.53 bits per heavy atom. The van der Waals surface area contributed by atoms with Gasteiger partial charge in [-0.25, -0.2) is 15.0 Å². The van der Waals surface area contributed by atoms with Crippen molar-refractivity contribution < 1.29 is 33.2 Å². The summed E-state index contributed by atoms with van der Waals surface area (Å²) in [6.07, 6.45) is 4.32. The van der Waals surface area contributed by atoms with E-state index in [0.29, 0.717) is 30.1 Å². The molecule has 0 saturated carbocycles. The Kier molecular flexibility index (Phi) is 15.0. The second-order valence-electron chi connectivity index (χ2n) is 17.8. The Labute approximate surface area is 431 Å². The summed E-state index contributed by atoms with van der Waals surface area (Å²) in [5.41, 5.74) is 6.93. The van der Waals surface area contributed by atoms with Crippen LogP contribution in [0.4, 0.5) is 5.82 Å². The molecule has 1 N–H and O–H groups in total. The van der Waals surface area contributed by atoms with Gasteiger partial charge in [0.1, 0.15) is 46.8 Å². The van der Waals surface area contributed by atoms with Crippen LogP contribution in [0.2, 0.25) is 0 Å². The Balaban J connectivity index is 0.851. The molecule has 12 heteroatoms. The molecular weight excluding hydrogens is 927 g/mol. The van der Waals surface area contributed by atoms with Gasteiger partial charge in [-0.1, -0.05) is 139 Å². The number of methoxy groups -OCH3 is 4. The smallest absolute Gasteiger partial charge is 0.167 e. The zero-order valence-electron chi connectivity index (χ0n) is 41.8. The number of ether oxygens (including phenoxy) is 7. The molecule has 1 aliphatic heterocycles. The molecule has 0 spiro atoms. The summed E-state index contributed by atoms with van der Waals surface area (Å²) in [5, 5.41) is 3.40. The van der Waals surface area contributed by atoms with Crippen molar-refractivity contribution in [2.75, 3.05) is 46.9 Å². The number of anilines is 1. The van der Waals surface area contributed by atoms with Crippen LogP contribution in [0.1, 0.15) is 63.6 Å². The van der Waals surface area contributed by atoms with Crippen LogP contribution in [0.5, 0.6) is 23.0 Å². The van der Waals surface area contributed by atoms with Crippen molar-refractivity contribution >= 4 is 17.0 Å². The summed E-state index contributed by atoms with van der Waals surface area (Å²) in [4.78, 5) is 14.0. The summed E-state index contributed by atoms with van der Waals surface area (Å²) >= 11 is 0. The zero-order chi connectivity index (χ0) is 50.7. The number of aromatic nitrogens is 4. The highest BCUT2D eigenvalue weighted by Gasteiger charge is 2.41. The number of nitrogens with one attached hydrogen (secondary N) is 1. The molecule has 2 aromatic heterocycles. The maximum Gasteiger partial charge on any atom is 0.167 e. The molecule has 0 bridgehead atoms. The first-order chi connectivity index (χ1) is 36.4. The molecule has 3 heterocycles. The van der Waals surface area contributed by atoms with Crippen molar-refractivity contribution in [1.29, 1.82) is 0 Å². The summed E-state index contributed by atoms with van der Waals surface area (Å²) < 4.78 is 45.3.